The molecule has 0 aromatic carbocycles. The van der Waals surface area contributed by atoms with Crippen LogP contribution in [0.15, 0.2) is 5.38 Å². The Hall–Kier alpha value is -0.980. The lowest BCUT2D eigenvalue weighted by atomic mass is 10.2. The molecule has 1 atom stereocenters. The fraction of sp³-hybridized carbons (Fsp3) is 0.714. The highest BCUT2D eigenvalue weighted by molar-refractivity contribution is 7.09. The summed E-state index contributed by atoms with van der Waals surface area (Å²) in [6, 6.07) is 0.416. The zero-order valence-electron chi connectivity index (χ0n) is 12.3. The molecule has 6 heteroatoms. The van der Waals surface area contributed by atoms with Crippen LogP contribution in [0.3, 0.4) is 0 Å². The van der Waals surface area contributed by atoms with Gasteiger partial charge in [0.15, 0.2) is 0 Å². The van der Waals surface area contributed by atoms with Gasteiger partial charge in [0.25, 0.3) is 0 Å². The molecule has 0 amide bonds. The van der Waals surface area contributed by atoms with Gasteiger partial charge in [0, 0.05) is 24.5 Å². The number of hydrogen-bond acceptors (Lipinski definition) is 6. The van der Waals surface area contributed by atoms with Crippen molar-refractivity contribution < 1.29 is 14.3 Å². The first-order valence-corrected chi connectivity index (χ1v) is 7.87. The van der Waals surface area contributed by atoms with Crippen LogP contribution in [0.1, 0.15) is 31.5 Å². The second-order valence-electron chi connectivity index (χ2n) is 5.34. The van der Waals surface area contributed by atoms with Gasteiger partial charge in [-0.2, -0.15) is 0 Å². The molecule has 112 valence electrons. The molecule has 0 bridgehead atoms. The van der Waals surface area contributed by atoms with Gasteiger partial charge in [0.2, 0.25) is 0 Å². The van der Waals surface area contributed by atoms with Crippen molar-refractivity contribution in [2.24, 2.45) is 0 Å². The molecule has 2 rings (SSSR count). The van der Waals surface area contributed by atoms with E-state index in [1.807, 2.05) is 19.2 Å². The Kier molecular flexibility index (Phi) is 5.51. The van der Waals surface area contributed by atoms with Gasteiger partial charge in [-0.1, -0.05) is 0 Å². The maximum atomic E-state index is 11.6. The topological polar surface area (TPSA) is 51.7 Å². The second kappa shape index (κ2) is 7.15. The molecule has 2 heterocycles. The third-order valence-electron chi connectivity index (χ3n) is 3.13. The van der Waals surface area contributed by atoms with Crippen molar-refractivity contribution in [2.75, 3.05) is 19.8 Å². The van der Waals surface area contributed by atoms with E-state index in [1.54, 1.807) is 0 Å². The van der Waals surface area contributed by atoms with Gasteiger partial charge in [0.1, 0.15) is 5.01 Å². The Morgan fingerprint density at radius 2 is 2.45 bits per heavy atom. The number of ether oxygens (including phenoxy) is 2. The number of nitrogens with zero attached hydrogens (tertiary/aromatic N) is 2. The monoisotopic (exact) mass is 298 g/mol. The molecular formula is C14H22N2O3S. The normalized spacial score (nSPS) is 20.3. The van der Waals surface area contributed by atoms with E-state index in [4.69, 9.17) is 9.47 Å². The summed E-state index contributed by atoms with van der Waals surface area (Å²) in [6.45, 7) is 9.17. The zero-order valence-corrected chi connectivity index (χ0v) is 13.1. The Bertz CT molecular complexity index is 447. The van der Waals surface area contributed by atoms with Crippen LogP contribution in [0.25, 0.3) is 0 Å². The average molecular weight is 298 g/mol. The molecule has 0 unspecified atom stereocenters. The van der Waals surface area contributed by atoms with Crippen LogP contribution in [0, 0.1) is 0 Å². The lowest BCUT2D eigenvalue weighted by Crippen LogP contribution is -2.42. The predicted molar refractivity (Wildman–Crippen MR) is 77.7 cm³/mol. The van der Waals surface area contributed by atoms with Gasteiger partial charge in [-0.3, -0.25) is 9.69 Å². The van der Waals surface area contributed by atoms with Crippen LogP contribution in [-0.4, -0.2) is 47.8 Å². The fourth-order valence-electron chi connectivity index (χ4n) is 2.14. The number of carbonyl (C=O) groups is 1. The number of esters is 1. The van der Waals surface area contributed by atoms with Crippen molar-refractivity contribution in [3.8, 4) is 0 Å². The molecule has 0 saturated carbocycles. The van der Waals surface area contributed by atoms with Crippen molar-refractivity contribution >= 4 is 17.3 Å². The molecule has 1 fully saturated rings. The molecule has 0 N–H and O–H groups in total. The SMILES string of the molecule is CC(C)OC(=O)Cc1nc(CN2CCOC[C@@H]2C)cs1. The highest BCUT2D eigenvalue weighted by Gasteiger charge is 2.20. The van der Waals surface area contributed by atoms with E-state index in [-0.39, 0.29) is 18.5 Å². The lowest BCUT2D eigenvalue weighted by Gasteiger charge is -2.32. The maximum absolute atomic E-state index is 11.6. The minimum absolute atomic E-state index is 0.0730. The number of carbonyl (C=O) groups excluding carboxylic acids is 1. The number of rotatable bonds is 5. The fourth-order valence-corrected chi connectivity index (χ4v) is 2.91. The van der Waals surface area contributed by atoms with E-state index in [0.717, 1.165) is 37.0 Å². The third-order valence-corrected chi connectivity index (χ3v) is 4.03. The van der Waals surface area contributed by atoms with Crippen molar-refractivity contribution in [3.63, 3.8) is 0 Å². The van der Waals surface area contributed by atoms with E-state index in [1.165, 1.54) is 11.3 Å². The zero-order chi connectivity index (χ0) is 14.5. The van der Waals surface area contributed by atoms with Gasteiger partial charge < -0.3 is 9.47 Å². The van der Waals surface area contributed by atoms with E-state index >= 15 is 0 Å². The molecule has 5 nitrogen and oxygen atoms in total. The summed E-state index contributed by atoms with van der Waals surface area (Å²) in [5.74, 6) is -0.208. The number of morpholine rings is 1. The predicted octanol–water partition coefficient (Wildman–Crippen LogP) is 1.86. The van der Waals surface area contributed by atoms with Crippen LogP contribution >= 0.6 is 11.3 Å². The first-order valence-electron chi connectivity index (χ1n) is 6.99. The summed E-state index contributed by atoms with van der Waals surface area (Å²) in [7, 11) is 0. The van der Waals surface area contributed by atoms with E-state index in [2.05, 4.69) is 16.8 Å². The van der Waals surface area contributed by atoms with Crippen LogP contribution in [-0.2, 0) is 27.2 Å². The van der Waals surface area contributed by atoms with Gasteiger partial charge in [-0.05, 0) is 20.8 Å². The maximum Gasteiger partial charge on any atom is 0.312 e. The quantitative estimate of drug-likeness (QED) is 0.777. The standard InChI is InChI=1S/C14H22N2O3S/c1-10(2)19-14(17)6-13-15-12(9-20-13)7-16-4-5-18-8-11(16)3/h9-11H,4-8H2,1-3H3/t11-/m0/s1. The smallest absolute Gasteiger partial charge is 0.312 e. The van der Waals surface area contributed by atoms with Crippen LogP contribution in [0.5, 0.6) is 0 Å². The van der Waals surface area contributed by atoms with Gasteiger partial charge in [0.05, 0.1) is 31.4 Å². The first-order chi connectivity index (χ1) is 9.54. The van der Waals surface area contributed by atoms with Crippen LogP contribution in [0.4, 0.5) is 0 Å². The van der Waals surface area contributed by atoms with Gasteiger partial charge in [-0.15, -0.1) is 11.3 Å². The summed E-state index contributed by atoms with van der Waals surface area (Å²) < 4.78 is 10.6. The summed E-state index contributed by atoms with van der Waals surface area (Å²) in [5, 5.41) is 2.85. The second-order valence-corrected chi connectivity index (χ2v) is 6.29. The van der Waals surface area contributed by atoms with Crippen LogP contribution in [0.2, 0.25) is 0 Å². The highest BCUT2D eigenvalue weighted by Crippen LogP contribution is 2.16. The molecule has 20 heavy (non-hydrogen) atoms. The van der Waals surface area contributed by atoms with Crippen molar-refractivity contribution in [3.05, 3.63) is 16.1 Å². The Morgan fingerprint density at radius 1 is 1.65 bits per heavy atom. The molecule has 0 radical (unpaired) electrons. The van der Waals surface area contributed by atoms with Crippen molar-refractivity contribution in [1.29, 1.82) is 0 Å². The Labute approximate surface area is 123 Å². The van der Waals surface area contributed by atoms with Crippen LogP contribution < -0.4 is 0 Å². The average Bonchev–Trinajstić information content (AvgIpc) is 2.78. The highest BCUT2D eigenvalue weighted by atomic mass is 32.1. The first kappa shape index (κ1) is 15.4. The molecular weight excluding hydrogens is 276 g/mol. The number of hydrogen-bond donors (Lipinski definition) is 0. The Morgan fingerprint density at radius 3 is 3.15 bits per heavy atom. The molecule has 1 aromatic rings. The van der Waals surface area contributed by atoms with Crippen molar-refractivity contribution in [1.82, 2.24) is 9.88 Å². The minimum Gasteiger partial charge on any atom is -0.463 e. The molecule has 1 saturated heterocycles. The van der Waals surface area contributed by atoms with Gasteiger partial charge >= 0.3 is 5.97 Å². The van der Waals surface area contributed by atoms with Crippen molar-refractivity contribution in [2.45, 2.75) is 45.9 Å². The van der Waals surface area contributed by atoms with E-state index < -0.39 is 0 Å². The summed E-state index contributed by atoms with van der Waals surface area (Å²) in [6.07, 6.45) is 0.192. The van der Waals surface area contributed by atoms with E-state index in [0.29, 0.717) is 6.04 Å². The summed E-state index contributed by atoms with van der Waals surface area (Å²) >= 11 is 1.52. The molecule has 1 aliphatic heterocycles. The molecule has 0 aliphatic carbocycles. The number of thiazole rings is 1. The Balaban J connectivity index is 1.87. The molecule has 1 aromatic heterocycles. The number of aromatic nitrogens is 1. The minimum atomic E-state index is -0.208. The van der Waals surface area contributed by atoms with E-state index in [9.17, 15) is 4.79 Å². The van der Waals surface area contributed by atoms with Gasteiger partial charge in [-0.25, -0.2) is 4.98 Å². The molecule has 0 spiro atoms. The lowest BCUT2D eigenvalue weighted by molar-refractivity contribution is -0.146. The molecule has 1 aliphatic rings. The largest absolute Gasteiger partial charge is 0.463 e. The third kappa shape index (κ3) is 4.54. The summed E-state index contributed by atoms with van der Waals surface area (Å²) in [5.41, 5.74) is 1.02. The summed E-state index contributed by atoms with van der Waals surface area (Å²) in [4.78, 5) is 18.5.